The van der Waals surface area contributed by atoms with Crippen molar-refractivity contribution in [3.8, 4) is 0 Å². The van der Waals surface area contributed by atoms with Crippen LogP contribution in [0.5, 0.6) is 0 Å². The van der Waals surface area contributed by atoms with Gasteiger partial charge in [-0.3, -0.25) is 0 Å². The molecule has 3 heteroatoms. The van der Waals surface area contributed by atoms with Gasteiger partial charge in [0.1, 0.15) is 0 Å². The van der Waals surface area contributed by atoms with Crippen LogP contribution in [0.1, 0.15) is 30.2 Å². The molecule has 2 N–H and O–H groups in total. The summed E-state index contributed by atoms with van der Waals surface area (Å²) < 4.78 is 1.34. The summed E-state index contributed by atoms with van der Waals surface area (Å²) in [7, 11) is 0. The summed E-state index contributed by atoms with van der Waals surface area (Å²) in [5.74, 6) is 0.929. The summed E-state index contributed by atoms with van der Waals surface area (Å²) in [4.78, 5) is 1.38. The molecule has 1 aliphatic carbocycles. The van der Waals surface area contributed by atoms with Crippen LogP contribution in [0.15, 0.2) is 11.4 Å². The van der Waals surface area contributed by atoms with Crippen LogP contribution in [0.25, 0.3) is 0 Å². The van der Waals surface area contributed by atoms with Crippen LogP contribution in [-0.2, 0) is 0 Å². The Labute approximate surface area is 90.5 Å². The molecule has 1 atom stereocenters. The Bertz CT molecular complexity index is 267. The van der Waals surface area contributed by atoms with Crippen LogP contribution in [0.2, 0.25) is 0 Å². The number of hydrogen-bond donors (Lipinski definition) is 1. The summed E-state index contributed by atoms with van der Waals surface area (Å²) >= 11 is 4.16. The zero-order valence-electron chi connectivity index (χ0n) is 6.79. The fourth-order valence-electron chi connectivity index (χ4n) is 1.39. The van der Waals surface area contributed by atoms with E-state index < -0.39 is 0 Å². The van der Waals surface area contributed by atoms with E-state index in [4.69, 9.17) is 5.73 Å². The Morgan fingerprint density at radius 3 is 2.92 bits per heavy atom. The SMILES string of the molecule is NC(CC1CC1)c1sccc1I. The molecule has 1 heterocycles. The van der Waals surface area contributed by atoms with Crippen molar-refractivity contribution in [2.24, 2.45) is 11.7 Å². The Hall–Kier alpha value is 0.390. The Balaban J connectivity index is 2.02. The highest BCUT2D eigenvalue weighted by Crippen LogP contribution is 2.38. The van der Waals surface area contributed by atoms with E-state index >= 15 is 0 Å². The monoisotopic (exact) mass is 293 g/mol. The second kappa shape index (κ2) is 3.64. The van der Waals surface area contributed by atoms with E-state index in [-0.39, 0.29) is 0 Å². The van der Waals surface area contributed by atoms with Crippen molar-refractivity contribution in [3.63, 3.8) is 0 Å². The summed E-state index contributed by atoms with van der Waals surface area (Å²) in [6.45, 7) is 0. The number of halogens is 1. The first kappa shape index (κ1) is 8.97. The highest BCUT2D eigenvalue weighted by molar-refractivity contribution is 14.1. The molecule has 0 spiro atoms. The maximum absolute atomic E-state index is 6.09. The van der Waals surface area contributed by atoms with E-state index in [0.717, 1.165) is 5.92 Å². The number of hydrogen-bond acceptors (Lipinski definition) is 2. The van der Waals surface area contributed by atoms with E-state index in [2.05, 4.69) is 34.0 Å². The number of rotatable bonds is 3. The third-order valence-corrected chi connectivity index (χ3v) is 4.62. The molecule has 12 heavy (non-hydrogen) atoms. The predicted octanol–water partition coefficient (Wildman–Crippen LogP) is 3.15. The molecule has 1 fully saturated rings. The van der Waals surface area contributed by atoms with Crippen molar-refractivity contribution < 1.29 is 0 Å². The molecule has 1 aliphatic rings. The fourth-order valence-corrected chi connectivity index (χ4v) is 3.40. The van der Waals surface area contributed by atoms with Crippen molar-refractivity contribution in [1.29, 1.82) is 0 Å². The molecule has 1 nitrogen and oxygen atoms in total. The molecule has 0 aromatic carbocycles. The zero-order chi connectivity index (χ0) is 8.55. The normalized spacial score (nSPS) is 19.5. The lowest BCUT2D eigenvalue weighted by molar-refractivity contribution is 0.603. The van der Waals surface area contributed by atoms with E-state index in [1.54, 1.807) is 11.3 Å². The van der Waals surface area contributed by atoms with Gasteiger partial charge in [-0.1, -0.05) is 12.8 Å². The van der Waals surface area contributed by atoms with E-state index in [1.165, 1.54) is 27.7 Å². The fraction of sp³-hybridized carbons (Fsp3) is 0.556. The zero-order valence-corrected chi connectivity index (χ0v) is 9.77. The standard InChI is InChI=1S/C9H12INS/c10-7-3-4-12-9(7)8(11)5-6-1-2-6/h3-4,6,8H,1-2,5,11H2. The van der Waals surface area contributed by atoms with Gasteiger partial charge in [0.2, 0.25) is 0 Å². The molecular weight excluding hydrogens is 281 g/mol. The minimum Gasteiger partial charge on any atom is -0.323 e. The number of nitrogens with two attached hydrogens (primary N) is 1. The van der Waals surface area contributed by atoms with Gasteiger partial charge in [-0.2, -0.15) is 0 Å². The molecule has 1 saturated carbocycles. The largest absolute Gasteiger partial charge is 0.323 e. The van der Waals surface area contributed by atoms with Crippen molar-refractivity contribution >= 4 is 33.9 Å². The van der Waals surface area contributed by atoms with Crippen LogP contribution in [0.3, 0.4) is 0 Å². The molecule has 1 unspecified atom stereocenters. The van der Waals surface area contributed by atoms with Crippen LogP contribution in [-0.4, -0.2) is 0 Å². The third kappa shape index (κ3) is 2.00. The molecular formula is C9H12INS. The van der Waals surface area contributed by atoms with Gasteiger partial charge in [0.05, 0.1) is 0 Å². The molecule has 1 aromatic heterocycles. The molecule has 66 valence electrons. The van der Waals surface area contributed by atoms with Gasteiger partial charge < -0.3 is 5.73 Å². The average molecular weight is 293 g/mol. The molecule has 0 aliphatic heterocycles. The molecule has 2 rings (SSSR count). The lowest BCUT2D eigenvalue weighted by atomic mass is 10.1. The Morgan fingerprint density at radius 2 is 2.42 bits per heavy atom. The highest BCUT2D eigenvalue weighted by Gasteiger charge is 2.25. The third-order valence-electron chi connectivity index (χ3n) is 2.27. The highest BCUT2D eigenvalue weighted by atomic mass is 127. The Kier molecular flexibility index (Phi) is 2.72. The first-order valence-corrected chi connectivity index (χ1v) is 6.21. The van der Waals surface area contributed by atoms with Gasteiger partial charge in [0.15, 0.2) is 0 Å². The first-order chi connectivity index (χ1) is 5.77. The van der Waals surface area contributed by atoms with Crippen LogP contribution in [0, 0.1) is 9.49 Å². The van der Waals surface area contributed by atoms with Gasteiger partial charge in [-0.15, -0.1) is 11.3 Å². The summed E-state index contributed by atoms with van der Waals surface area (Å²) in [6, 6.07) is 2.44. The molecule has 0 saturated heterocycles. The molecule has 0 bridgehead atoms. The predicted molar refractivity (Wildman–Crippen MR) is 61.3 cm³/mol. The topological polar surface area (TPSA) is 26.0 Å². The maximum atomic E-state index is 6.09. The van der Waals surface area contributed by atoms with Gasteiger partial charge >= 0.3 is 0 Å². The van der Waals surface area contributed by atoms with Crippen LogP contribution < -0.4 is 5.73 Å². The minimum absolute atomic E-state index is 0.296. The van der Waals surface area contributed by atoms with E-state index in [9.17, 15) is 0 Å². The van der Waals surface area contributed by atoms with E-state index in [1.807, 2.05) is 0 Å². The van der Waals surface area contributed by atoms with Gasteiger partial charge in [0.25, 0.3) is 0 Å². The summed E-state index contributed by atoms with van der Waals surface area (Å²) in [6.07, 6.45) is 3.99. The quantitative estimate of drug-likeness (QED) is 0.851. The van der Waals surface area contributed by atoms with Crippen molar-refractivity contribution in [2.75, 3.05) is 0 Å². The molecule has 1 aromatic rings. The second-order valence-corrected chi connectivity index (χ2v) is 5.53. The average Bonchev–Trinajstić information content (AvgIpc) is 2.72. The molecule has 0 amide bonds. The number of thiophene rings is 1. The summed E-state index contributed by atoms with van der Waals surface area (Å²) in [5.41, 5.74) is 6.09. The van der Waals surface area contributed by atoms with Gasteiger partial charge in [0, 0.05) is 14.5 Å². The second-order valence-electron chi connectivity index (χ2n) is 3.42. The lowest BCUT2D eigenvalue weighted by Gasteiger charge is -2.08. The van der Waals surface area contributed by atoms with Crippen molar-refractivity contribution in [1.82, 2.24) is 0 Å². The van der Waals surface area contributed by atoms with Gasteiger partial charge in [-0.05, 0) is 46.4 Å². The molecule has 0 radical (unpaired) electrons. The minimum atomic E-state index is 0.296. The Morgan fingerprint density at radius 1 is 1.67 bits per heavy atom. The lowest BCUT2D eigenvalue weighted by Crippen LogP contribution is -2.10. The van der Waals surface area contributed by atoms with Crippen LogP contribution >= 0.6 is 33.9 Å². The van der Waals surface area contributed by atoms with Crippen molar-refractivity contribution in [2.45, 2.75) is 25.3 Å². The summed E-state index contributed by atoms with van der Waals surface area (Å²) in [5, 5.41) is 2.13. The maximum Gasteiger partial charge on any atom is 0.0403 e. The van der Waals surface area contributed by atoms with Gasteiger partial charge in [-0.25, -0.2) is 0 Å². The van der Waals surface area contributed by atoms with E-state index in [0.29, 0.717) is 6.04 Å². The van der Waals surface area contributed by atoms with Crippen LogP contribution in [0.4, 0.5) is 0 Å². The van der Waals surface area contributed by atoms with Crippen molar-refractivity contribution in [3.05, 3.63) is 19.9 Å². The first-order valence-electron chi connectivity index (χ1n) is 4.26. The smallest absolute Gasteiger partial charge is 0.0403 e.